The molecule has 0 saturated heterocycles. The number of benzene rings is 3. The van der Waals surface area contributed by atoms with E-state index in [1.54, 1.807) is 48.2 Å². The number of hydrogen-bond donors (Lipinski definition) is 1. The highest BCUT2D eigenvalue weighted by Gasteiger charge is 2.27. The zero-order valence-electron chi connectivity index (χ0n) is 19.0. The van der Waals surface area contributed by atoms with E-state index in [2.05, 4.69) is 5.32 Å². The summed E-state index contributed by atoms with van der Waals surface area (Å²) >= 11 is 9.13. The van der Waals surface area contributed by atoms with Crippen LogP contribution in [0.3, 0.4) is 0 Å². The molecule has 0 saturated carbocycles. The normalized spacial score (nSPS) is 11.3. The predicted molar refractivity (Wildman–Crippen MR) is 145 cm³/mol. The van der Waals surface area contributed by atoms with Gasteiger partial charge in [-0.2, -0.15) is 11.8 Å². The number of thioether (sulfide) groups is 2. The fourth-order valence-corrected chi connectivity index (χ4v) is 5.89. The summed E-state index contributed by atoms with van der Waals surface area (Å²) in [6, 6.07) is 21.5. The zero-order valence-corrected chi connectivity index (χ0v) is 22.2. The molecular weight excluding hydrogens is 508 g/mol. The SMILES string of the molecule is CSc1ccc(S(=O)(=O)N(CC(=O)NCCSCc2ccc(Cl)cc2)c2ccc(C)cc2)cc1. The number of aryl methyl sites for hydroxylation is 1. The Bertz CT molecular complexity index is 1180. The van der Waals surface area contributed by atoms with E-state index in [4.69, 9.17) is 11.6 Å². The van der Waals surface area contributed by atoms with Crippen LogP contribution < -0.4 is 9.62 Å². The number of hydrogen-bond acceptors (Lipinski definition) is 5. The third-order valence-electron chi connectivity index (χ3n) is 5.01. The number of carbonyl (C=O) groups is 1. The molecule has 0 radical (unpaired) electrons. The van der Waals surface area contributed by atoms with Crippen molar-refractivity contribution in [2.24, 2.45) is 0 Å². The predicted octanol–water partition coefficient (Wildman–Crippen LogP) is 5.62. The first-order valence-corrected chi connectivity index (χ1v) is 14.8. The van der Waals surface area contributed by atoms with E-state index >= 15 is 0 Å². The molecule has 0 aliphatic heterocycles. The Balaban J connectivity index is 1.64. The summed E-state index contributed by atoms with van der Waals surface area (Å²) < 4.78 is 28.0. The molecule has 0 aliphatic rings. The van der Waals surface area contributed by atoms with Crippen molar-refractivity contribution in [3.05, 3.63) is 88.9 Å². The molecule has 1 N–H and O–H groups in total. The lowest BCUT2D eigenvalue weighted by Gasteiger charge is -2.24. The highest BCUT2D eigenvalue weighted by molar-refractivity contribution is 7.98. The Morgan fingerprint density at radius 3 is 2.24 bits per heavy atom. The number of anilines is 1. The second kappa shape index (κ2) is 12.5. The van der Waals surface area contributed by atoms with Crippen molar-refractivity contribution in [3.63, 3.8) is 0 Å². The van der Waals surface area contributed by atoms with Crippen molar-refractivity contribution in [2.75, 3.05) is 29.4 Å². The Morgan fingerprint density at radius 1 is 0.971 bits per heavy atom. The number of nitrogens with zero attached hydrogens (tertiary/aromatic N) is 1. The summed E-state index contributed by atoms with van der Waals surface area (Å²) in [4.78, 5) is 13.8. The molecular formula is C25H27ClN2O3S3. The lowest BCUT2D eigenvalue weighted by Crippen LogP contribution is -2.41. The van der Waals surface area contributed by atoms with Gasteiger partial charge in [-0.05, 0) is 67.3 Å². The van der Waals surface area contributed by atoms with Gasteiger partial charge in [-0.25, -0.2) is 8.42 Å². The average molecular weight is 535 g/mol. The first-order chi connectivity index (χ1) is 16.3. The Kier molecular flexibility index (Phi) is 9.76. The van der Waals surface area contributed by atoms with Crippen LogP contribution in [0.2, 0.25) is 5.02 Å². The minimum Gasteiger partial charge on any atom is -0.354 e. The molecule has 34 heavy (non-hydrogen) atoms. The van der Waals surface area contributed by atoms with E-state index in [0.29, 0.717) is 23.0 Å². The van der Waals surface area contributed by atoms with E-state index in [-0.39, 0.29) is 17.3 Å². The summed E-state index contributed by atoms with van der Waals surface area (Å²) in [6.07, 6.45) is 1.93. The molecule has 0 aromatic heterocycles. The summed E-state index contributed by atoms with van der Waals surface area (Å²) in [5, 5.41) is 3.54. The third kappa shape index (κ3) is 7.43. The molecule has 0 aliphatic carbocycles. The van der Waals surface area contributed by atoms with Crippen molar-refractivity contribution in [2.45, 2.75) is 22.5 Å². The van der Waals surface area contributed by atoms with Gasteiger partial charge in [0.25, 0.3) is 10.0 Å². The maximum Gasteiger partial charge on any atom is 0.264 e. The van der Waals surface area contributed by atoms with Gasteiger partial charge in [0.2, 0.25) is 5.91 Å². The van der Waals surface area contributed by atoms with Crippen LogP contribution in [0.25, 0.3) is 0 Å². The largest absolute Gasteiger partial charge is 0.354 e. The van der Waals surface area contributed by atoms with Crippen LogP contribution in [-0.4, -0.2) is 39.4 Å². The number of carbonyl (C=O) groups excluding carboxylic acids is 1. The van der Waals surface area contributed by atoms with E-state index in [9.17, 15) is 13.2 Å². The molecule has 3 aromatic rings. The summed E-state index contributed by atoms with van der Waals surface area (Å²) in [7, 11) is -3.91. The fourth-order valence-electron chi connectivity index (χ4n) is 3.12. The average Bonchev–Trinajstić information content (AvgIpc) is 2.84. The van der Waals surface area contributed by atoms with Gasteiger partial charge < -0.3 is 5.32 Å². The van der Waals surface area contributed by atoms with Gasteiger partial charge in [-0.15, -0.1) is 11.8 Å². The quantitative estimate of drug-likeness (QED) is 0.255. The summed E-state index contributed by atoms with van der Waals surface area (Å²) in [6.45, 7) is 2.08. The molecule has 180 valence electrons. The van der Waals surface area contributed by atoms with Crippen LogP contribution >= 0.6 is 35.1 Å². The van der Waals surface area contributed by atoms with Gasteiger partial charge >= 0.3 is 0 Å². The molecule has 3 rings (SSSR count). The number of halogens is 1. The number of sulfonamides is 1. The van der Waals surface area contributed by atoms with Crippen molar-refractivity contribution >= 4 is 56.7 Å². The Labute approximate surface area is 215 Å². The maximum atomic E-state index is 13.4. The van der Waals surface area contributed by atoms with Crippen LogP contribution in [0.1, 0.15) is 11.1 Å². The fraction of sp³-hybridized carbons (Fsp3) is 0.240. The van der Waals surface area contributed by atoms with Crippen LogP contribution in [0.15, 0.2) is 82.6 Å². The smallest absolute Gasteiger partial charge is 0.264 e. The zero-order chi connectivity index (χ0) is 24.6. The monoisotopic (exact) mass is 534 g/mol. The van der Waals surface area contributed by atoms with Gasteiger partial charge in [0.05, 0.1) is 10.6 Å². The van der Waals surface area contributed by atoms with E-state index < -0.39 is 10.0 Å². The van der Waals surface area contributed by atoms with Crippen molar-refractivity contribution < 1.29 is 13.2 Å². The van der Waals surface area contributed by atoms with Crippen LogP contribution in [-0.2, 0) is 20.6 Å². The van der Waals surface area contributed by atoms with Crippen LogP contribution in [0, 0.1) is 6.92 Å². The lowest BCUT2D eigenvalue weighted by molar-refractivity contribution is -0.119. The first kappa shape index (κ1) is 26.5. The van der Waals surface area contributed by atoms with Gasteiger partial charge in [0, 0.05) is 28.0 Å². The number of amides is 1. The molecule has 0 atom stereocenters. The second-order valence-corrected chi connectivity index (χ2v) is 11.8. The van der Waals surface area contributed by atoms with E-state index in [1.807, 2.05) is 49.6 Å². The van der Waals surface area contributed by atoms with Crippen LogP contribution in [0.5, 0.6) is 0 Å². The number of rotatable bonds is 11. The van der Waals surface area contributed by atoms with Gasteiger partial charge in [0.1, 0.15) is 6.54 Å². The maximum absolute atomic E-state index is 13.4. The van der Waals surface area contributed by atoms with E-state index in [0.717, 1.165) is 26.1 Å². The van der Waals surface area contributed by atoms with Crippen molar-refractivity contribution in [1.82, 2.24) is 5.32 Å². The molecule has 1 amide bonds. The molecule has 0 bridgehead atoms. The summed E-state index contributed by atoms with van der Waals surface area (Å²) in [5.41, 5.74) is 2.62. The van der Waals surface area contributed by atoms with E-state index in [1.165, 1.54) is 11.8 Å². The van der Waals surface area contributed by atoms with Crippen LogP contribution in [0.4, 0.5) is 5.69 Å². The molecule has 9 heteroatoms. The van der Waals surface area contributed by atoms with Crippen molar-refractivity contribution in [1.29, 1.82) is 0 Å². The third-order valence-corrected chi connectivity index (χ3v) is 8.82. The minimum absolute atomic E-state index is 0.150. The topological polar surface area (TPSA) is 66.5 Å². The minimum atomic E-state index is -3.91. The molecule has 0 unspecified atom stereocenters. The Morgan fingerprint density at radius 2 is 1.62 bits per heavy atom. The second-order valence-electron chi connectivity index (χ2n) is 7.55. The highest BCUT2D eigenvalue weighted by Crippen LogP contribution is 2.25. The Hall–Kier alpha value is -2.13. The standard InChI is InChI=1S/C25H27ClN2O3S3/c1-19-3-9-22(10-4-19)28(34(30,31)24-13-11-23(32-2)12-14-24)17-25(29)27-15-16-33-18-20-5-7-21(26)8-6-20/h3-14H,15-18H2,1-2H3,(H,27,29). The number of nitrogens with one attached hydrogen (secondary N) is 1. The molecule has 5 nitrogen and oxygen atoms in total. The summed E-state index contributed by atoms with van der Waals surface area (Å²) in [5.74, 6) is 1.17. The molecule has 0 heterocycles. The van der Waals surface area contributed by atoms with Gasteiger partial charge in [-0.3, -0.25) is 9.10 Å². The lowest BCUT2D eigenvalue weighted by atomic mass is 10.2. The molecule has 0 fully saturated rings. The first-order valence-electron chi connectivity index (χ1n) is 10.6. The molecule has 3 aromatic carbocycles. The molecule has 0 spiro atoms. The highest BCUT2D eigenvalue weighted by atomic mass is 35.5. The van der Waals surface area contributed by atoms with Crippen molar-refractivity contribution in [3.8, 4) is 0 Å². The van der Waals surface area contributed by atoms with Gasteiger partial charge in [0.15, 0.2) is 0 Å². The van der Waals surface area contributed by atoms with Gasteiger partial charge in [-0.1, -0.05) is 41.4 Å².